The Balaban J connectivity index is 2.84. The Labute approximate surface area is 157 Å². The zero-order chi connectivity index (χ0) is 20.2. The molecule has 1 aromatic rings. The van der Waals surface area contributed by atoms with E-state index in [1.807, 2.05) is 53.7 Å². The van der Waals surface area contributed by atoms with E-state index in [1.54, 1.807) is 39.8 Å². The fourth-order valence-corrected chi connectivity index (χ4v) is 1.63. The number of hydrogen-bond acceptors (Lipinski definition) is 6. The third-order valence-corrected chi connectivity index (χ3v) is 2.55. The summed E-state index contributed by atoms with van der Waals surface area (Å²) in [6.45, 7) is 18.4. The van der Waals surface area contributed by atoms with Crippen LogP contribution in [0.4, 0.5) is 0 Å². The summed E-state index contributed by atoms with van der Waals surface area (Å²) in [5.74, 6) is -1.02. The Morgan fingerprint density at radius 1 is 0.500 bits per heavy atom. The molecular weight excluding hydrogens is 336 g/mol. The molecule has 0 aliphatic heterocycles. The third-order valence-electron chi connectivity index (χ3n) is 2.55. The molecule has 1 aromatic carbocycles. The monoisotopic (exact) mass is 370 g/mol. The van der Waals surface area contributed by atoms with Gasteiger partial charge in [0.2, 0.25) is 11.6 Å². The number of rotatable bonds is 8. The largest absolute Gasteiger partial charge is 0.456 e. The van der Waals surface area contributed by atoms with Gasteiger partial charge in [-0.2, -0.15) is 9.78 Å². The highest BCUT2D eigenvalue weighted by Crippen LogP contribution is 2.34. The maximum absolute atomic E-state index is 5.95. The smallest absolute Gasteiger partial charge is 0.235 e. The van der Waals surface area contributed by atoms with E-state index in [0.717, 1.165) is 0 Å². The molecule has 6 heteroatoms. The zero-order valence-electron chi connectivity index (χ0n) is 17.8. The van der Waals surface area contributed by atoms with E-state index < -0.39 is 22.8 Å². The summed E-state index contributed by atoms with van der Waals surface area (Å²) >= 11 is 0. The van der Waals surface area contributed by atoms with Gasteiger partial charge in [0.15, 0.2) is 11.5 Å². The zero-order valence-corrected chi connectivity index (χ0v) is 17.8. The molecular formula is C20H34O6. The van der Waals surface area contributed by atoms with Crippen LogP contribution in [0.1, 0.15) is 69.2 Å². The number of ether oxygens (including phenoxy) is 2. The predicted octanol–water partition coefficient (Wildman–Crippen LogP) is 5.41. The molecule has 0 N–H and O–H groups in total. The first kappa shape index (κ1) is 22.7. The van der Waals surface area contributed by atoms with E-state index in [4.69, 9.17) is 29.0 Å². The van der Waals surface area contributed by atoms with Crippen LogP contribution in [0.5, 0.6) is 11.5 Å². The minimum Gasteiger partial charge on any atom is -0.456 e. The summed E-state index contributed by atoms with van der Waals surface area (Å²) in [6.07, 6.45) is 0. The summed E-state index contributed by atoms with van der Waals surface area (Å²) in [7, 11) is 0. The van der Waals surface area contributed by atoms with Crippen LogP contribution >= 0.6 is 0 Å². The van der Waals surface area contributed by atoms with E-state index in [-0.39, 0.29) is 0 Å². The van der Waals surface area contributed by atoms with Gasteiger partial charge >= 0.3 is 0 Å². The van der Waals surface area contributed by atoms with E-state index in [0.29, 0.717) is 11.5 Å². The second-order valence-electron chi connectivity index (χ2n) is 9.01. The van der Waals surface area contributed by atoms with Crippen LogP contribution in [0.15, 0.2) is 24.3 Å². The van der Waals surface area contributed by atoms with Crippen LogP contribution in [-0.4, -0.2) is 22.8 Å². The van der Waals surface area contributed by atoms with E-state index in [9.17, 15) is 0 Å². The summed E-state index contributed by atoms with van der Waals surface area (Å²) < 4.78 is 11.9. The maximum atomic E-state index is 5.95. The lowest BCUT2D eigenvalue weighted by Gasteiger charge is -2.32. The maximum Gasteiger partial charge on any atom is 0.235 e. The minimum absolute atomic E-state index is 0.448. The van der Waals surface area contributed by atoms with Crippen molar-refractivity contribution in [2.75, 3.05) is 0 Å². The minimum atomic E-state index is -1.01. The molecule has 0 saturated heterocycles. The van der Waals surface area contributed by atoms with Gasteiger partial charge in [0, 0.05) is 27.7 Å². The van der Waals surface area contributed by atoms with Gasteiger partial charge in [-0.1, -0.05) is 12.1 Å². The molecule has 150 valence electrons. The standard InChI is InChI=1S/C20H34O6/c1-17(2,3)23-25-19(7,8)21-15-13-11-12-14-16(15)22-20(9,10)26-24-18(4,5)6/h11-14H,1-10H3. The van der Waals surface area contributed by atoms with Crippen LogP contribution < -0.4 is 9.47 Å². The molecule has 0 heterocycles. The first-order chi connectivity index (χ1) is 11.6. The lowest BCUT2D eigenvalue weighted by atomic mass is 10.2. The van der Waals surface area contributed by atoms with Crippen molar-refractivity contribution in [1.82, 2.24) is 0 Å². The molecule has 0 aliphatic rings. The normalized spacial score (nSPS) is 13.6. The summed E-state index contributed by atoms with van der Waals surface area (Å²) in [4.78, 5) is 21.6. The van der Waals surface area contributed by atoms with Crippen molar-refractivity contribution >= 4 is 0 Å². The van der Waals surface area contributed by atoms with Crippen molar-refractivity contribution in [2.24, 2.45) is 0 Å². The van der Waals surface area contributed by atoms with Gasteiger partial charge in [-0.15, -0.1) is 0 Å². The topological polar surface area (TPSA) is 55.4 Å². The van der Waals surface area contributed by atoms with Crippen molar-refractivity contribution in [1.29, 1.82) is 0 Å². The SMILES string of the molecule is CC(C)(C)OOC(C)(C)Oc1ccccc1OC(C)(C)OOC(C)(C)C. The summed E-state index contributed by atoms with van der Waals surface area (Å²) in [6, 6.07) is 7.28. The molecule has 0 aromatic heterocycles. The first-order valence-electron chi connectivity index (χ1n) is 8.79. The third kappa shape index (κ3) is 9.38. The second kappa shape index (κ2) is 8.13. The molecule has 26 heavy (non-hydrogen) atoms. The Hall–Kier alpha value is -1.34. The van der Waals surface area contributed by atoms with Crippen molar-refractivity contribution in [3.63, 3.8) is 0 Å². The van der Waals surface area contributed by atoms with Gasteiger partial charge in [-0.25, -0.2) is 9.78 Å². The number of para-hydroxylation sites is 2. The van der Waals surface area contributed by atoms with Gasteiger partial charge in [0.1, 0.15) is 0 Å². The highest BCUT2D eigenvalue weighted by Gasteiger charge is 2.30. The Kier molecular flexibility index (Phi) is 7.10. The molecule has 0 aliphatic carbocycles. The molecule has 0 saturated carbocycles. The van der Waals surface area contributed by atoms with Crippen molar-refractivity contribution in [3.8, 4) is 11.5 Å². The fourth-order valence-electron chi connectivity index (χ4n) is 1.63. The quantitative estimate of drug-likeness (QED) is 0.346. The van der Waals surface area contributed by atoms with Crippen LogP contribution in [0, 0.1) is 0 Å². The first-order valence-corrected chi connectivity index (χ1v) is 8.79. The lowest BCUT2D eigenvalue weighted by molar-refractivity contribution is -0.437. The van der Waals surface area contributed by atoms with Gasteiger partial charge in [0.25, 0.3) is 0 Å². The Morgan fingerprint density at radius 3 is 1.08 bits per heavy atom. The molecule has 0 radical (unpaired) electrons. The van der Waals surface area contributed by atoms with Crippen LogP contribution in [0.3, 0.4) is 0 Å². The number of benzene rings is 1. The average molecular weight is 370 g/mol. The molecule has 0 atom stereocenters. The molecule has 6 nitrogen and oxygen atoms in total. The van der Waals surface area contributed by atoms with Gasteiger partial charge in [-0.05, 0) is 53.7 Å². The van der Waals surface area contributed by atoms with E-state index in [2.05, 4.69) is 0 Å². The molecule has 0 unspecified atom stereocenters. The van der Waals surface area contributed by atoms with Crippen LogP contribution in [0.25, 0.3) is 0 Å². The Bertz CT molecular complexity index is 515. The molecule has 0 amide bonds. The van der Waals surface area contributed by atoms with Gasteiger partial charge < -0.3 is 9.47 Å². The second-order valence-corrected chi connectivity index (χ2v) is 9.01. The van der Waals surface area contributed by atoms with Crippen LogP contribution in [0.2, 0.25) is 0 Å². The average Bonchev–Trinajstić information content (AvgIpc) is 2.44. The van der Waals surface area contributed by atoms with Crippen molar-refractivity contribution in [2.45, 2.75) is 92.0 Å². The van der Waals surface area contributed by atoms with Crippen molar-refractivity contribution < 1.29 is 29.0 Å². The molecule has 0 spiro atoms. The van der Waals surface area contributed by atoms with Gasteiger partial charge in [0.05, 0.1) is 11.2 Å². The van der Waals surface area contributed by atoms with E-state index in [1.165, 1.54) is 0 Å². The number of hydrogen-bond donors (Lipinski definition) is 0. The summed E-state index contributed by atoms with van der Waals surface area (Å²) in [5, 5.41) is 0. The highest BCUT2D eigenvalue weighted by atomic mass is 17.2. The summed E-state index contributed by atoms with van der Waals surface area (Å²) in [5.41, 5.74) is -0.895. The lowest BCUT2D eigenvalue weighted by Crippen LogP contribution is -2.37. The molecule has 0 bridgehead atoms. The van der Waals surface area contributed by atoms with E-state index >= 15 is 0 Å². The predicted molar refractivity (Wildman–Crippen MR) is 99.7 cm³/mol. The highest BCUT2D eigenvalue weighted by molar-refractivity contribution is 5.40. The van der Waals surface area contributed by atoms with Crippen molar-refractivity contribution in [3.05, 3.63) is 24.3 Å². The van der Waals surface area contributed by atoms with Gasteiger partial charge in [-0.3, -0.25) is 0 Å². The molecule has 0 fully saturated rings. The van der Waals surface area contributed by atoms with Crippen LogP contribution in [-0.2, 0) is 19.6 Å². The Morgan fingerprint density at radius 2 is 0.808 bits per heavy atom. The fraction of sp³-hybridized carbons (Fsp3) is 0.700. The molecule has 1 rings (SSSR count).